The number of carbonyl (C=O) groups excluding carboxylic acids is 3. The molecule has 1 aliphatic heterocycles. The van der Waals surface area contributed by atoms with E-state index < -0.39 is 5.97 Å². The van der Waals surface area contributed by atoms with Crippen LogP contribution < -0.4 is 4.90 Å². The minimum Gasteiger partial charge on any atom is -0.465 e. The molecule has 2 rings (SSSR count). The van der Waals surface area contributed by atoms with Gasteiger partial charge < -0.3 is 9.64 Å². The van der Waals surface area contributed by atoms with E-state index in [-0.39, 0.29) is 16.3 Å². The van der Waals surface area contributed by atoms with Gasteiger partial charge in [0, 0.05) is 30.8 Å². The zero-order valence-electron chi connectivity index (χ0n) is 12.2. The van der Waals surface area contributed by atoms with E-state index in [1.165, 1.54) is 25.8 Å². The molecule has 0 aromatic heterocycles. The average molecular weight is 307 g/mol. The van der Waals surface area contributed by atoms with E-state index in [0.717, 1.165) is 5.56 Å². The fraction of sp³-hybridized carbons (Fsp3) is 0.400. The minimum absolute atomic E-state index is 0.00897. The van der Waals surface area contributed by atoms with Crippen molar-refractivity contribution in [3.05, 3.63) is 29.3 Å². The van der Waals surface area contributed by atoms with Crippen LogP contribution in [0.5, 0.6) is 0 Å². The summed E-state index contributed by atoms with van der Waals surface area (Å²) in [5, 5.41) is -0.0223. The van der Waals surface area contributed by atoms with Crippen LogP contribution in [0.15, 0.2) is 18.2 Å². The van der Waals surface area contributed by atoms with Crippen molar-refractivity contribution in [1.82, 2.24) is 0 Å². The zero-order chi connectivity index (χ0) is 15.6. The van der Waals surface area contributed by atoms with Gasteiger partial charge in [0.1, 0.15) is 0 Å². The fourth-order valence-corrected chi connectivity index (χ4v) is 3.29. The summed E-state index contributed by atoms with van der Waals surface area (Å²) >= 11 is 1.19. The van der Waals surface area contributed by atoms with Crippen LogP contribution in [0.4, 0.5) is 5.69 Å². The summed E-state index contributed by atoms with van der Waals surface area (Å²) in [6, 6.07) is 5.13. The first-order valence-corrected chi connectivity index (χ1v) is 7.47. The van der Waals surface area contributed by atoms with E-state index in [2.05, 4.69) is 0 Å². The first kappa shape index (κ1) is 15.6. The van der Waals surface area contributed by atoms with Gasteiger partial charge in [-0.25, -0.2) is 4.79 Å². The SMILES string of the molecule is COC(=O)c1ccc(C)c(N2CC(SC(C)=O)CC2=O)c1. The number of ether oxygens (including phenoxy) is 1. The normalized spacial score (nSPS) is 18.0. The van der Waals surface area contributed by atoms with Gasteiger partial charge in [-0.3, -0.25) is 9.59 Å². The molecule has 0 radical (unpaired) electrons. The van der Waals surface area contributed by atoms with Gasteiger partial charge in [-0.15, -0.1) is 0 Å². The maximum atomic E-state index is 12.2. The lowest BCUT2D eigenvalue weighted by atomic mass is 10.1. The number of thioether (sulfide) groups is 1. The number of anilines is 1. The molecule has 1 amide bonds. The lowest BCUT2D eigenvalue weighted by Crippen LogP contribution is -2.26. The number of esters is 1. The highest BCUT2D eigenvalue weighted by atomic mass is 32.2. The number of aryl methyl sites for hydroxylation is 1. The largest absolute Gasteiger partial charge is 0.465 e. The zero-order valence-corrected chi connectivity index (χ0v) is 13.0. The van der Waals surface area contributed by atoms with Crippen LogP contribution in [0.3, 0.4) is 0 Å². The van der Waals surface area contributed by atoms with Gasteiger partial charge in [0.25, 0.3) is 0 Å². The Bertz CT molecular complexity index is 599. The molecule has 0 aliphatic carbocycles. The molecule has 1 atom stereocenters. The predicted octanol–water partition coefficient (Wildman–Crippen LogP) is 2.17. The number of amides is 1. The Morgan fingerprint density at radius 2 is 2.10 bits per heavy atom. The summed E-state index contributed by atoms with van der Waals surface area (Å²) in [5.74, 6) is -0.462. The molecule has 0 spiro atoms. The van der Waals surface area contributed by atoms with Crippen LogP contribution in [-0.2, 0) is 14.3 Å². The van der Waals surface area contributed by atoms with E-state index >= 15 is 0 Å². The third kappa shape index (κ3) is 3.44. The topological polar surface area (TPSA) is 63.7 Å². The van der Waals surface area contributed by atoms with Gasteiger partial charge >= 0.3 is 5.97 Å². The lowest BCUT2D eigenvalue weighted by molar-refractivity contribution is -0.117. The Balaban J connectivity index is 2.27. The van der Waals surface area contributed by atoms with Crippen molar-refractivity contribution in [2.75, 3.05) is 18.6 Å². The molecule has 1 aliphatic rings. The lowest BCUT2D eigenvalue weighted by Gasteiger charge is -2.19. The van der Waals surface area contributed by atoms with Gasteiger partial charge in [0.05, 0.1) is 12.7 Å². The molecule has 0 bridgehead atoms. The molecule has 1 heterocycles. The number of hydrogen-bond acceptors (Lipinski definition) is 5. The van der Waals surface area contributed by atoms with E-state index in [0.29, 0.717) is 24.2 Å². The highest BCUT2D eigenvalue weighted by molar-refractivity contribution is 8.14. The van der Waals surface area contributed by atoms with Crippen LogP contribution >= 0.6 is 11.8 Å². The van der Waals surface area contributed by atoms with Gasteiger partial charge in [-0.05, 0) is 24.6 Å². The van der Waals surface area contributed by atoms with Gasteiger partial charge in [0.15, 0.2) is 5.12 Å². The summed E-state index contributed by atoms with van der Waals surface area (Å²) in [7, 11) is 1.32. The average Bonchev–Trinajstić information content (AvgIpc) is 2.78. The maximum absolute atomic E-state index is 12.2. The second-order valence-electron chi connectivity index (χ2n) is 4.93. The van der Waals surface area contributed by atoms with Crippen molar-refractivity contribution >= 4 is 34.4 Å². The number of nitrogens with zero attached hydrogens (tertiary/aromatic N) is 1. The van der Waals surface area contributed by atoms with Crippen molar-refractivity contribution in [1.29, 1.82) is 0 Å². The molecule has 5 nitrogen and oxygen atoms in total. The molecule has 21 heavy (non-hydrogen) atoms. The van der Waals surface area contributed by atoms with Gasteiger partial charge in [0.2, 0.25) is 5.91 Å². The molecule has 112 valence electrons. The molecule has 1 aromatic rings. The van der Waals surface area contributed by atoms with Crippen LogP contribution in [-0.4, -0.2) is 35.9 Å². The predicted molar refractivity (Wildman–Crippen MR) is 81.5 cm³/mol. The number of hydrogen-bond donors (Lipinski definition) is 0. The van der Waals surface area contributed by atoms with E-state index in [1.807, 2.05) is 6.92 Å². The Hall–Kier alpha value is -1.82. The minimum atomic E-state index is -0.433. The van der Waals surface area contributed by atoms with Gasteiger partial charge in [-0.1, -0.05) is 17.8 Å². The second kappa shape index (κ2) is 6.30. The second-order valence-corrected chi connectivity index (χ2v) is 6.41. The Labute approximate surface area is 127 Å². The van der Waals surface area contributed by atoms with Crippen LogP contribution in [0.1, 0.15) is 29.3 Å². The first-order chi connectivity index (χ1) is 9.92. The molecule has 0 saturated carbocycles. The number of methoxy groups -OCH3 is 1. The van der Waals surface area contributed by atoms with E-state index in [9.17, 15) is 14.4 Å². The molecule has 1 unspecified atom stereocenters. The highest BCUT2D eigenvalue weighted by Gasteiger charge is 2.32. The van der Waals surface area contributed by atoms with Crippen molar-refractivity contribution in [2.24, 2.45) is 0 Å². The Morgan fingerprint density at radius 1 is 1.38 bits per heavy atom. The van der Waals surface area contributed by atoms with Crippen molar-refractivity contribution in [3.63, 3.8) is 0 Å². The van der Waals surface area contributed by atoms with Gasteiger partial charge in [-0.2, -0.15) is 0 Å². The smallest absolute Gasteiger partial charge is 0.337 e. The summed E-state index contributed by atoms with van der Waals surface area (Å²) in [6.07, 6.45) is 0.339. The monoisotopic (exact) mass is 307 g/mol. The highest BCUT2D eigenvalue weighted by Crippen LogP contribution is 2.31. The third-order valence-corrected chi connectivity index (χ3v) is 4.32. The van der Waals surface area contributed by atoms with E-state index in [4.69, 9.17) is 4.74 Å². The summed E-state index contributed by atoms with van der Waals surface area (Å²) in [4.78, 5) is 36.6. The number of carbonyl (C=O) groups is 3. The van der Waals surface area contributed by atoms with Crippen LogP contribution in [0, 0.1) is 6.92 Å². The number of rotatable bonds is 3. The van der Waals surface area contributed by atoms with E-state index in [1.54, 1.807) is 23.1 Å². The quantitative estimate of drug-likeness (QED) is 0.801. The first-order valence-electron chi connectivity index (χ1n) is 6.59. The number of benzene rings is 1. The molecule has 1 aromatic carbocycles. The molecule has 1 saturated heterocycles. The maximum Gasteiger partial charge on any atom is 0.337 e. The molecule has 0 N–H and O–H groups in total. The van der Waals surface area contributed by atoms with Crippen molar-refractivity contribution in [2.45, 2.75) is 25.5 Å². The standard InChI is InChI=1S/C15H17NO4S/c1-9-4-5-11(15(19)20-3)6-13(9)16-8-12(7-14(16)18)21-10(2)17/h4-6,12H,7-8H2,1-3H3. The molecular weight excluding hydrogens is 290 g/mol. The summed E-state index contributed by atoms with van der Waals surface area (Å²) < 4.78 is 4.70. The molecule has 1 fully saturated rings. The summed E-state index contributed by atoms with van der Waals surface area (Å²) in [5.41, 5.74) is 2.02. The summed E-state index contributed by atoms with van der Waals surface area (Å²) in [6.45, 7) is 3.87. The Morgan fingerprint density at radius 3 is 2.71 bits per heavy atom. The molecule has 6 heteroatoms. The Kier molecular flexibility index (Phi) is 4.67. The van der Waals surface area contributed by atoms with Crippen molar-refractivity contribution < 1.29 is 19.1 Å². The molecular formula is C15H17NO4S. The third-order valence-electron chi connectivity index (χ3n) is 3.34. The fourth-order valence-electron chi connectivity index (χ4n) is 2.37. The van der Waals surface area contributed by atoms with Crippen LogP contribution in [0.25, 0.3) is 0 Å². The van der Waals surface area contributed by atoms with Crippen LogP contribution in [0.2, 0.25) is 0 Å². The van der Waals surface area contributed by atoms with Crippen molar-refractivity contribution in [3.8, 4) is 0 Å².